The van der Waals surface area contributed by atoms with E-state index in [9.17, 15) is 0 Å². The number of rotatable bonds is 2. The van der Waals surface area contributed by atoms with Crippen molar-refractivity contribution in [3.63, 3.8) is 0 Å². The number of nitrogens with one attached hydrogen (secondary N) is 1. The number of halogens is 1. The molecule has 11 heavy (non-hydrogen) atoms. The van der Waals surface area contributed by atoms with E-state index in [1.807, 2.05) is 20.8 Å². The fourth-order valence-electron chi connectivity index (χ4n) is 0.534. The van der Waals surface area contributed by atoms with Crippen molar-refractivity contribution in [3.8, 4) is 0 Å². The van der Waals surface area contributed by atoms with Gasteiger partial charge in [0.2, 0.25) is 0 Å². The minimum absolute atomic E-state index is 0. The molecule has 0 bridgehead atoms. The first-order valence-electron chi connectivity index (χ1n) is 3.30. The number of thiol groups is 1. The van der Waals surface area contributed by atoms with Crippen LogP contribution < -0.4 is 11.1 Å². The minimum Gasteiger partial charge on any atom is -0.370 e. The number of hydrogen-bond acceptors (Lipinski definition) is 2. The van der Waals surface area contributed by atoms with Crippen molar-refractivity contribution in [2.24, 2.45) is 10.7 Å². The highest BCUT2D eigenvalue weighted by atomic mass is 79.9. The first-order valence-corrected chi connectivity index (χ1v) is 3.82. The summed E-state index contributed by atoms with van der Waals surface area (Å²) >= 11 is 4.05. The van der Waals surface area contributed by atoms with Gasteiger partial charge in [0.15, 0.2) is 5.96 Å². The molecule has 0 aromatic rings. The lowest BCUT2D eigenvalue weighted by Crippen LogP contribution is -2.37. The fourth-order valence-corrected chi connectivity index (χ4v) is 0.659. The van der Waals surface area contributed by atoms with E-state index >= 15 is 0 Å². The van der Waals surface area contributed by atoms with E-state index in [2.05, 4.69) is 22.9 Å². The van der Waals surface area contributed by atoms with Gasteiger partial charge in [-0.1, -0.05) is 0 Å². The van der Waals surface area contributed by atoms with E-state index in [0.29, 0.717) is 12.0 Å². The smallest absolute Gasteiger partial charge is 0.189 e. The molecule has 3 N–H and O–H groups in total. The fraction of sp³-hybridized carbons (Fsp3) is 0.833. The highest BCUT2D eigenvalue weighted by molar-refractivity contribution is 8.93. The standard InChI is InChI=1S/C6H15N3S.BrH/c1-4(2)8-6(7)9-5(3)10;/h4-5,10H,1-3H3,(H3,7,8,9);1H. The minimum atomic E-state index is -0.0359. The summed E-state index contributed by atoms with van der Waals surface area (Å²) in [5.41, 5.74) is 5.47. The molecule has 68 valence electrons. The second-order valence-corrected chi connectivity index (χ2v) is 3.19. The number of guanidine groups is 1. The number of aliphatic imine (C=N–C) groups is 1. The predicted molar refractivity (Wildman–Crippen MR) is 58.7 cm³/mol. The van der Waals surface area contributed by atoms with Crippen molar-refractivity contribution < 1.29 is 0 Å². The molecule has 0 radical (unpaired) electrons. The third kappa shape index (κ3) is 10.1. The van der Waals surface area contributed by atoms with Gasteiger partial charge in [0.1, 0.15) is 0 Å². The Hall–Kier alpha value is 0.1000. The van der Waals surface area contributed by atoms with Crippen LogP contribution in [0.25, 0.3) is 0 Å². The van der Waals surface area contributed by atoms with Crippen molar-refractivity contribution in [1.82, 2.24) is 5.32 Å². The molecule has 0 aromatic carbocycles. The van der Waals surface area contributed by atoms with Gasteiger partial charge in [0, 0.05) is 6.04 Å². The van der Waals surface area contributed by atoms with Crippen LogP contribution in [-0.2, 0) is 0 Å². The van der Waals surface area contributed by atoms with Crippen LogP contribution in [0.15, 0.2) is 4.99 Å². The molecule has 0 fully saturated rings. The highest BCUT2D eigenvalue weighted by Gasteiger charge is 1.95. The maximum atomic E-state index is 5.47. The molecule has 3 nitrogen and oxygen atoms in total. The maximum absolute atomic E-state index is 5.47. The lowest BCUT2D eigenvalue weighted by Gasteiger charge is -2.08. The average Bonchev–Trinajstić information content (AvgIpc) is 1.58. The second kappa shape index (κ2) is 6.79. The monoisotopic (exact) mass is 241 g/mol. The van der Waals surface area contributed by atoms with Gasteiger partial charge < -0.3 is 11.1 Å². The third-order valence-electron chi connectivity index (χ3n) is 0.762. The summed E-state index contributed by atoms with van der Waals surface area (Å²) in [6.45, 7) is 5.87. The zero-order valence-corrected chi connectivity index (χ0v) is 9.64. The van der Waals surface area contributed by atoms with Gasteiger partial charge >= 0.3 is 0 Å². The molecule has 0 aliphatic carbocycles. The number of hydrogen-bond donors (Lipinski definition) is 3. The molecule has 0 aliphatic heterocycles. The molecule has 0 saturated heterocycles. The van der Waals surface area contributed by atoms with E-state index in [4.69, 9.17) is 5.73 Å². The summed E-state index contributed by atoms with van der Waals surface area (Å²) in [5.74, 6) is 0.456. The number of nitrogens with two attached hydrogens (primary N) is 1. The molecule has 0 aromatic heterocycles. The normalized spacial score (nSPS) is 14.1. The van der Waals surface area contributed by atoms with Crippen LogP contribution in [0.5, 0.6) is 0 Å². The Kier molecular flexibility index (Phi) is 8.44. The Morgan fingerprint density at radius 2 is 1.91 bits per heavy atom. The van der Waals surface area contributed by atoms with Gasteiger partial charge in [0.05, 0.1) is 5.37 Å². The Morgan fingerprint density at radius 3 is 2.18 bits per heavy atom. The van der Waals surface area contributed by atoms with Crippen LogP contribution >= 0.6 is 29.6 Å². The van der Waals surface area contributed by atoms with E-state index in [1.165, 1.54) is 0 Å². The zero-order chi connectivity index (χ0) is 8.15. The van der Waals surface area contributed by atoms with Crippen LogP contribution in [-0.4, -0.2) is 17.4 Å². The Labute approximate surface area is 84.0 Å². The first kappa shape index (κ1) is 13.7. The third-order valence-corrected chi connectivity index (χ3v) is 0.878. The van der Waals surface area contributed by atoms with Crippen LogP contribution in [0.4, 0.5) is 0 Å². The molecular formula is C6H16BrN3S. The Bertz CT molecular complexity index is 125. The van der Waals surface area contributed by atoms with Gasteiger partial charge in [-0.2, -0.15) is 12.6 Å². The van der Waals surface area contributed by atoms with Crippen molar-refractivity contribution in [1.29, 1.82) is 0 Å². The van der Waals surface area contributed by atoms with Crippen molar-refractivity contribution in [2.45, 2.75) is 32.2 Å². The van der Waals surface area contributed by atoms with Crippen molar-refractivity contribution in [3.05, 3.63) is 0 Å². The Morgan fingerprint density at radius 1 is 1.45 bits per heavy atom. The lowest BCUT2D eigenvalue weighted by atomic mass is 10.4. The summed E-state index contributed by atoms with van der Waals surface area (Å²) in [5, 5.41) is 2.92. The predicted octanol–water partition coefficient (Wildman–Crippen LogP) is 1.15. The van der Waals surface area contributed by atoms with Crippen LogP contribution in [0.2, 0.25) is 0 Å². The summed E-state index contributed by atoms with van der Waals surface area (Å²) in [6, 6.07) is 0.329. The molecule has 0 amide bonds. The van der Waals surface area contributed by atoms with E-state index in [1.54, 1.807) is 0 Å². The molecule has 0 saturated carbocycles. The van der Waals surface area contributed by atoms with E-state index < -0.39 is 0 Å². The largest absolute Gasteiger partial charge is 0.370 e. The topological polar surface area (TPSA) is 50.4 Å². The maximum Gasteiger partial charge on any atom is 0.189 e. The van der Waals surface area contributed by atoms with Crippen molar-refractivity contribution >= 4 is 35.6 Å². The summed E-state index contributed by atoms with van der Waals surface area (Å²) < 4.78 is 0. The second-order valence-electron chi connectivity index (χ2n) is 2.45. The number of nitrogens with zero attached hydrogens (tertiary/aromatic N) is 1. The molecule has 1 atom stereocenters. The van der Waals surface area contributed by atoms with E-state index in [0.717, 1.165) is 0 Å². The molecule has 0 spiro atoms. The quantitative estimate of drug-likeness (QED) is 0.386. The van der Waals surface area contributed by atoms with Gasteiger partial charge in [-0.15, -0.1) is 17.0 Å². The average molecular weight is 242 g/mol. The first-order chi connectivity index (χ1) is 4.52. The molecular weight excluding hydrogens is 226 g/mol. The molecule has 1 unspecified atom stereocenters. The SMILES string of the molecule is Br.CC(S)/N=C(/N)NC(C)C. The summed E-state index contributed by atoms with van der Waals surface area (Å²) in [6.07, 6.45) is 0. The van der Waals surface area contributed by atoms with Gasteiger partial charge in [-0.05, 0) is 20.8 Å². The van der Waals surface area contributed by atoms with Crippen LogP contribution in [0.3, 0.4) is 0 Å². The lowest BCUT2D eigenvalue weighted by molar-refractivity contribution is 0.723. The van der Waals surface area contributed by atoms with Gasteiger partial charge in [-0.3, -0.25) is 0 Å². The van der Waals surface area contributed by atoms with Crippen molar-refractivity contribution in [2.75, 3.05) is 0 Å². The highest BCUT2D eigenvalue weighted by Crippen LogP contribution is 1.92. The molecule has 0 aliphatic rings. The summed E-state index contributed by atoms with van der Waals surface area (Å²) in [7, 11) is 0. The van der Waals surface area contributed by atoms with E-state index in [-0.39, 0.29) is 22.4 Å². The van der Waals surface area contributed by atoms with Gasteiger partial charge in [-0.25, -0.2) is 4.99 Å². The van der Waals surface area contributed by atoms with Crippen LogP contribution in [0, 0.1) is 0 Å². The molecule has 0 heterocycles. The zero-order valence-electron chi connectivity index (χ0n) is 7.03. The Balaban J connectivity index is 0. The summed E-state index contributed by atoms with van der Waals surface area (Å²) in [4.78, 5) is 3.97. The molecule has 5 heteroatoms. The molecule has 0 rings (SSSR count). The van der Waals surface area contributed by atoms with Crippen LogP contribution in [0.1, 0.15) is 20.8 Å². The van der Waals surface area contributed by atoms with Gasteiger partial charge in [0.25, 0.3) is 0 Å².